The fourth-order valence-electron chi connectivity index (χ4n) is 15.0. The number of benzene rings is 7. The number of aliphatic hydroxyl groups is 6. The molecular formula is C109H170O16. The Morgan fingerprint density at radius 1 is 0.312 bits per heavy atom. The van der Waals surface area contributed by atoms with Crippen LogP contribution in [0.15, 0.2) is 170 Å². The predicted molar refractivity (Wildman–Crippen MR) is 516 cm³/mol. The molecule has 10 rings (SSSR count). The van der Waals surface area contributed by atoms with Gasteiger partial charge in [-0.3, -0.25) is 0 Å². The molecule has 0 radical (unpaired) electrons. The highest BCUT2D eigenvalue weighted by atomic mass is 16.5. The Bertz CT molecular complexity index is 3650. The summed E-state index contributed by atoms with van der Waals surface area (Å²) in [6.07, 6.45) is 41.3. The lowest BCUT2D eigenvalue weighted by Crippen LogP contribution is -2.37. The van der Waals surface area contributed by atoms with Gasteiger partial charge >= 0.3 is 0 Å². The zero-order valence-electron chi connectivity index (χ0n) is 79.3. The van der Waals surface area contributed by atoms with Gasteiger partial charge in [-0.05, 0) is 266 Å². The zero-order valence-corrected chi connectivity index (χ0v) is 79.3. The lowest BCUT2D eigenvalue weighted by Gasteiger charge is -2.31. The molecule has 0 saturated heterocycles. The van der Waals surface area contributed by atoms with E-state index in [0.29, 0.717) is 33.0 Å². The van der Waals surface area contributed by atoms with Gasteiger partial charge < -0.3 is 78.0 Å². The Hall–Kier alpha value is -7.70. The number of hydrogen-bond acceptors (Lipinski definition) is 16. The van der Waals surface area contributed by atoms with E-state index >= 15 is 0 Å². The first-order valence-electron chi connectivity index (χ1n) is 49.0. The summed E-state index contributed by atoms with van der Waals surface area (Å²) in [5.41, 5.74) is 3.86. The molecule has 3 saturated carbocycles. The topological polar surface area (TPSA) is 214 Å². The molecule has 702 valence electrons. The predicted octanol–water partition coefficient (Wildman–Crippen LogP) is 27.0. The third-order valence-corrected chi connectivity index (χ3v) is 22.3. The van der Waals surface area contributed by atoms with E-state index < -0.39 is 17.8 Å². The van der Waals surface area contributed by atoms with Crippen LogP contribution in [-0.4, -0.2) is 122 Å². The van der Waals surface area contributed by atoms with Crippen molar-refractivity contribution in [3.8, 4) is 57.5 Å². The fraction of sp³-hybridized carbons (Fsp3) is 0.615. The largest absolute Gasteiger partial charge is 0.494 e. The Labute approximate surface area is 757 Å². The van der Waals surface area contributed by atoms with Crippen molar-refractivity contribution in [1.29, 1.82) is 0 Å². The van der Waals surface area contributed by atoms with Crippen molar-refractivity contribution in [3.63, 3.8) is 0 Å². The van der Waals surface area contributed by atoms with Crippen molar-refractivity contribution >= 4 is 0 Å². The summed E-state index contributed by atoms with van der Waals surface area (Å²) >= 11 is 0. The van der Waals surface area contributed by atoms with Gasteiger partial charge in [-0.15, -0.1) is 0 Å². The van der Waals surface area contributed by atoms with Crippen LogP contribution in [0.3, 0.4) is 0 Å². The van der Waals surface area contributed by atoms with Gasteiger partial charge in [-0.2, -0.15) is 0 Å². The monoisotopic (exact) mass is 1740 g/mol. The molecular weight excluding hydrogens is 1570 g/mol. The maximum Gasteiger partial charge on any atom is 0.123 e. The zero-order chi connectivity index (χ0) is 90.3. The summed E-state index contributed by atoms with van der Waals surface area (Å²) in [6, 6.07) is 55.6. The molecule has 0 amide bonds. The second-order valence-electron chi connectivity index (χ2n) is 34.0. The lowest BCUT2D eigenvalue weighted by atomic mass is 9.85. The Kier molecular flexibility index (Phi) is 63.4. The molecule has 6 N–H and O–H groups in total. The molecule has 0 heterocycles. The van der Waals surface area contributed by atoms with Crippen molar-refractivity contribution in [1.82, 2.24) is 0 Å². The van der Waals surface area contributed by atoms with E-state index in [1.807, 2.05) is 133 Å². The molecule has 3 aliphatic rings. The molecule has 0 spiro atoms. The minimum absolute atomic E-state index is 0.207. The second kappa shape index (κ2) is 72.2. The third kappa shape index (κ3) is 53.0. The van der Waals surface area contributed by atoms with E-state index in [1.165, 1.54) is 127 Å². The van der Waals surface area contributed by atoms with E-state index in [-0.39, 0.29) is 19.3 Å². The van der Waals surface area contributed by atoms with Crippen molar-refractivity contribution in [2.75, 3.05) is 79.3 Å². The van der Waals surface area contributed by atoms with E-state index in [0.717, 1.165) is 248 Å². The quantitative estimate of drug-likeness (QED) is 0.0155. The molecule has 125 heavy (non-hydrogen) atoms. The average Bonchev–Trinajstić information content (AvgIpc) is 0.956. The number of unbranched alkanes of at least 4 members (excludes halogenated alkanes) is 4. The summed E-state index contributed by atoms with van der Waals surface area (Å²) in [4.78, 5) is 0. The number of rotatable bonds is 51. The van der Waals surface area contributed by atoms with Gasteiger partial charge in [0.1, 0.15) is 70.7 Å². The van der Waals surface area contributed by atoms with Crippen LogP contribution in [-0.2, 0) is 12.8 Å². The molecule has 7 aromatic rings. The molecule has 0 aromatic heterocycles. The fourth-order valence-corrected chi connectivity index (χ4v) is 15.0. The van der Waals surface area contributed by atoms with Gasteiger partial charge in [0.15, 0.2) is 0 Å². The highest BCUT2D eigenvalue weighted by Gasteiger charge is 2.30. The molecule has 16 heteroatoms. The van der Waals surface area contributed by atoms with Gasteiger partial charge in [0.05, 0.1) is 76.8 Å². The number of hydrogen-bond donors (Lipinski definition) is 6. The van der Waals surface area contributed by atoms with Gasteiger partial charge in [0.2, 0.25) is 0 Å². The Morgan fingerprint density at radius 3 is 1.09 bits per heavy atom. The third-order valence-electron chi connectivity index (χ3n) is 22.3. The van der Waals surface area contributed by atoms with Crippen LogP contribution in [0.1, 0.15) is 335 Å². The summed E-state index contributed by atoms with van der Waals surface area (Å²) < 4.78 is 57.1. The smallest absolute Gasteiger partial charge is 0.123 e. The number of ether oxygens (including phenoxy) is 10. The maximum absolute atomic E-state index is 10.4. The molecule has 3 unspecified atom stereocenters. The SMILES string of the molecule is CCCC(CCC)COc1cccc(CC)c1.CCCC(O)c1cccc(OCCCCCO)c1.CCCC(O)c1cccc(OCCCCO)c1.CCCCc1cccc(OCC(O)CCC)c1.CCCOc1cccc(OCC2(O)CCCCC2)c1.CCCOc1cccc(OCC2CCCCC2)c1.CCCOc1cccc(OCC2CCCCCC2)c1. The molecule has 16 nitrogen and oxygen atoms in total. The summed E-state index contributed by atoms with van der Waals surface area (Å²) in [6.45, 7) is 28.7. The van der Waals surface area contributed by atoms with E-state index in [2.05, 4.69) is 106 Å². The van der Waals surface area contributed by atoms with Crippen molar-refractivity contribution < 1.29 is 78.0 Å². The van der Waals surface area contributed by atoms with E-state index in [9.17, 15) is 20.4 Å². The van der Waals surface area contributed by atoms with Crippen LogP contribution in [0.5, 0.6) is 57.5 Å². The van der Waals surface area contributed by atoms with Gasteiger partial charge in [-0.25, -0.2) is 0 Å². The molecule has 3 fully saturated rings. The standard InChI is InChI=1S/C17H26O2.C16H24O3.C16H24O2.C16H26O.C15H24O3.C15H24O2.C14H22O3/c1-2-12-18-16-10-7-11-17(13-16)19-14-15-8-5-3-4-6-9-15;1-2-11-18-14-7-6-8-15(12-14)19-13-16(17)9-4-3-5-10-16;1-2-11-17-15-9-6-10-16(12-15)18-13-14-7-4-3-5-8-14;1-4-8-15(9-5-2)13-17-16-11-7-10-14(6-3)12-16;1-2-7-15(17)13-8-6-9-14(12-13)18-11-5-3-4-10-16;1-3-5-8-13-9-6-10-15(11-13)17-12-14(16)7-4-2;1-2-6-14(16)12-7-5-8-13(11-12)17-10-4-3-9-15/h7,10-11,13,15H,2-6,8-9,12,14H2,1H3;6-8,12,17H,2-5,9-11,13H2,1H3;6,9-10,12,14H,2-5,7-8,11,13H2,1H3;7,10-12,15H,4-6,8-9,13H2,1-3H3;6,8-9,12,15-17H,2-5,7,10-11H2,1H3;6,9-11,14,16H,3-5,7-8,12H2,1-2H3;5,7-8,11,14-16H,2-4,6,9-10H2,1H3. The van der Waals surface area contributed by atoms with Gasteiger partial charge in [0, 0.05) is 31.4 Å². The first-order valence-corrected chi connectivity index (χ1v) is 49.0. The van der Waals surface area contributed by atoms with Crippen molar-refractivity contribution in [3.05, 3.63) is 192 Å². The highest BCUT2D eigenvalue weighted by Crippen LogP contribution is 2.33. The van der Waals surface area contributed by atoms with E-state index in [1.54, 1.807) is 0 Å². The van der Waals surface area contributed by atoms with Crippen molar-refractivity contribution in [2.45, 2.75) is 337 Å². The first kappa shape index (κ1) is 110. The first-order chi connectivity index (χ1) is 61.1. The summed E-state index contributed by atoms with van der Waals surface area (Å²) in [5, 5.41) is 57.1. The van der Waals surface area contributed by atoms with Crippen LogP contribution in [0, 0.1) is 17.8 Å². The van der Waals surface area contributed by atoms with Gasteiger partial charge in [-0.1, -0.05) is 239 Å². The maximum atomic E-state index is 10.4. The van der Waals surface area contributed by atoms with E-state index in [4.69, 9.17) is 57.6 Å². The minimum Gasteiger partial charge on any atom is -0.494 e. The Morgan fingerprint density at radius 2 is 0.664 bits per heavy atom. The normalized spacial score (nSPS) is 14.3. The van der Waals surface area contributed by atoms with Crippen LogP contribution < -0.4 is 47.4 Å². The number of aryl methyl sites for hydroxylation is 2. The molecule has 0 bridgehead atoms. The summed E-state index contributed by atoms with van der Waals surface area (Å²) in [7, 11) is 0. The van der Waals surface area contributed by atoms with Crippen molar-refractivity contribution in [2.24, 2.45) is 17.8 Å². The minimum atomic E-state index is -0.640. The Balaban J connectivity index is 0.000000306. The van der Waals surface area contributed by atoms with Crippen LogP contribution in [0.2, 0.25) is 0 Å². The lowest BCUT2D eigenvalue weighted by molar-refractivity contribution is -0.0339. The van der Waals surface area contributed by atoms with Crippen LogP contribution in [0.4, 0.5) is 0 Å². The van der Waals surface area contributed by atoms with Crippen LogP contribution >= 0.6 is 0 Å². The molecule has 3 aliphatic carbocycles. The van der Waals surface area contributed by atoms with Crippen LogP contribution in [0.25, 0.3) is 0 Å². The molecule has 3 atom stereocenters. The highest BCUT2D eigenvalue weighted by molar-refractivity contribution is 5.36. The van der Waals surface area contributed by atoms with Gasteiger partial charge in [0.25, 0.3) is 0 Å². The summed E-state index contributed by atoms with van der Waals surface area (Å²) in [5.74, 6) is 11.0. The average molecular weight is 1740 g/mol. The second-order valence-corrected chi connectivity index (χ2v) is 34.0. The number of aliphatic hydroxyl groups excluding tert-OH is 5. The molecule has 0 aliphatic heterocycles. The molecule has 7 aromatic carbocycles.